The predicted octanol–water partition coefficient (Wildman–Crippen LogP) is 3.84. The second kappa shape index (κ2) is 6.17. The molecule has 2 heterocycles. The number of hydrogen-bond donors (Lipinski definition) is 1. The van der Waals surface area contributed by atoms with Crippen molar-refractivity contribution in [2.45, 2.75) is 18.8 Å². The number of carbonyl (C=O) groups is 1. The lowest BCUT2D eigenvalue weighted by Gasteiger charge is -2.25. The molecule has 2 aromatic heterocycles. The monoisotopic (exact) mass is 342 g/mol. The molecule has 1 aliphatic rings. The third-order valence-corrected chi connectivity index (χ3v) is 5.76. The first-order valence-electron chi connectivity index (χ1n) is 7.39. The zero-order chi connectivity index (χ0) is 15.6. The van der Waals surface area contributed by atoms with Gasteiger partial charge in [-0.1, -0.05) is 35.6 Å². The maximum absolute atomic E-state index is 12.6. The highest BCUT2D eigenvalue weighted by Gasteiger charge is 2.32. The van der Waals surface area contributed by atoms with E-state index in [-0.39, 0.29) is 17.7 Å². The highest BCUT2D eigenvalue weighted by Crippen LogP contribution is 2.39. The van der Waals surface area contributed by atoms with Crippen LogP contribution in [0.3, 0.4) is 0 Å². The van der Waals surface area contributed by atoms with Gasteiger partial charge in [-0.05, 0) is 25.0 Å². The van der Waals surface area contributed by atoms with Crippen molar-refractivity contribution in [1.29, 1.82) is 0 Å². The first-order valence-corrected chi connectivity index (χ1v) is 9.08. The fraction of sp³-hybridized carbons (Fsp3) is 0.250. The van der Waals surface area contributed by atoms with Crippen LogP contribution < -0.4 is 5.32 Å². The lowest BCUT2D eigenvalue weighted by Crippen LogP contribution is -2.29. The normalized spacial score (nSPS) is 20.7. The van der Waals surface area contributed by atoms with E-state index in [1.54, 1.807) is 16.8 Å². The highest BCUT2D eigenvalue weighted by atomic mass is 32.1. The molecule has 0 saturated heterocycles. The minimum atomic E-state index is -0.121. The number of para-hydroxylation sites is 1. The molecule has 0 fully saturated rings. The van der Waals surface area contributed by atoms with Gasteiger partial charge in [0.25, 0.3) is 0 Å². The van der Waals surface area contributed by atoms with Crippen LogP contribution in [0.5, 0.6) is 0 Å². The molecule has 0 bridgehead atoms. The van der Waals surface area contributed by atoms with Gasteiger partial charge in [0.15, 0.2) is 0 Å². The number of benzene rings is 1. The molecule has 3 aromatic rings. The van der Waals surface area contributed by atoms with E-state index in [0.717, 1.165) is 23.4 Å². The summed E-state index contributed by atoms with van der Waals surface area (Å²) in [6.07, 6.45) is 5.79. The van der Waals surface area contributed by atoms with Gasteiger partial charge in [0.1, 0.15) is 5.51 Å². The van der Waals surface area contributed by atoms with Crippen molar-refractivity contribution in [1.82, 2.24) is 15.2 Å². The fourth-order valence-corrected chi connectivity index (χ4v) is 4.45. The molecule has 1 amide bonds. The standard InChI is InChI=1S/C16H14N4OS2/c21-14(19-16-20-17-9-22-16)10-5-1-2-6-11(10)15-18-12-7-3-4-8-13(12)23-15/h1-4,7-11H,5-6H2,(H,19,20,21)/t10-,11-/m1/s1. The van der Waals surface area contributed by atoms with E-state index in [4.69, 9.17) is 4.98 Å². The third-order valence-electron chi connectivity index (χ3n) is 3.99. The Morgan fingerprint density at radius 2 is 2.09 bits per heavy atom. The molecule has 0 saturated carbocycles. The molecule has 2 atom stereocenters. The van der Waals surface area contributed by atoms with E-state index in [2.05, 4.69) is 33.7 Å². The largest absolute Gasteiger partial charge is 0.300 e. The van der Waals surface area contributed by atoms with Gasteiger partial charge in [-0.2, -0.15) is 0 Å². The SMILES string of the molecule is O=C(Nc1nncs1)[C@@H]1CC=CC[C@H]1c1nc2ccccc2s1. The van der Waals surface area contributed by atoms with Gasteiger partial charge in [0.2, 0.25) is 11.0 Å². The maximum atomic E-state index is 12.6. The number of carbonyl (C=O) groups excluding carboxylic acids is 1. The second-order valence-corrected chi connectivity index (χ2v) is 7.30. The number of anilines is 1. The van der Waals surface area contributed by atoms with Gasteiger partial charge in [-0.25, -0.2) is 4.98 Å². The second-order valence-electron chi connectivity index (χ2n) is 5.41. The minimum Gasteiger partial charge on any atom is -0.300 e. The molecule has 4 rings (SSSR count). The molecule has 116 valence electrons. The summed E-state index contributed by atoms with van der Waals surface area (Å²) in [5.74, 6) is -0.00913. The number of amides is 1. The third kappa shape index (κ3) is 2.89. The van der Waals surface area contributed by atoms with E-state index in [9.17, 15) is 4.79 Å². The van der Waals surface area contributed by atoms with Crippen LogP contribution in [0.15, 0.2) is 41.9 Å². The molecule has 1 aliphatic carbocycles. The van der Waals surface area contributed by atoms with Crippen molar-refractivity contribution in [3.63, 3.8) is 0 Å². The molecule has 0 aliphatic heterocycles. The van der Waals surface area contributed by atoms with Crippen molar-refractivity contribution >= 4 is 43.9 Å². The van der Waals surface area contributed by atoms with Crippen molar-refractivity contribution in [2.24, 2.45) is 5.92 Å². The average molecular weight is 342 g/mol. The Bertz CT molecular complexity index is 823. The van der Waals surface area contributed by atoms with Crippen molar-refractivity contribution in [3.8, 4) is 0 Å². The van der Waals surface area contributed by atoms with Crippen LogP contribution >= 0.6 is 22.7 Å². The Morgan fingerprint density at radius 1 is 1.22 bits per heavy atom. The summed E-state index contributed by atoms with van der Waals surface area (Å²) >= 11 is 3.01. The zero-order valence-electron chi connectivity index (χ0n) is 12.2. The summed E-state index contributed by atoms with van der Waals surface area (Å²) in [6.45, 7) is 0. The summed E-state index contributed by atoms with van der Waals surface area (Å²) in [7, 11) is 0. The number of allylic oxidation sites excluding steroid dienone is 2. The minimum absolute atomic E-state index is 0.00430. The van der Waals surface area contributed by atoms with Gasteiger partial charge in [0.05, 0.1) is 21.1 Å². The van der Waals surface area contributed by atoms with Crippen LogP contribution in [-0.2, 0) is 4.79 Å². The lowest BCUT2D eigenvalue weighted by atomic mass is 9.83. The Labute approximate surface area is 141 Å². The lowest BCUT2D eigenvalue weighted by molar-refractivity contribution is -0.120. The number of hydrogen-bond acceptors (Lipinski definition) is 6. The van der Waals surface area contributed by atoms with Gasteiger partial charge in [-0.3, -0.25) is 4.79 Å². The average Bonchev–Trinajstić information content (AvgIpc) is 3.23. The van der Waals surface area contributed by atoms with Crippen molar-refractivity contribution in [2.75, 3.05) is 5.32 Å². The molecule has 1 aromatic carbocycles. The maximum Gasteiger partial charge on any atom is 0.230 e. The summed E-state index contributed by atoms with van der Waals surface area (Å²) in [6, 6.07) is 8.10. The first kappa shape index (κ1) is 14.5. The molecule has 5 nitrogen and oxygen atoms in total. The van der Waals surface area contributed by atoms with Crippen LogP contribution in [0, 0.1) is 5.92 Å². The molecule has 0 radical (unpaired) electrons. The van der Waals surface area contributed by atoms with E-state index in [0.29, 0.717) is 5.13 Å². The smallest absolute Gasteiger partial charge is 0.230 e. The Morgan fingerprint density at radius 3 is 2.91 bits per heavy atom. The summed E-state index contributed by atoms with van der Waals surface area (Å²) in [5.41, 5.74) is 2.62. The van der Waals surface area contributed by atoms with Gasteiger partial charge < -0.3 is 5.32 Å². The first-order chi connectivity index (χ1) is 11.3. The van der Waals surface area contributed by atoms with Crippen LogP contribution in [0.2, 0.25) is 0 Å². The zero-order valence-corrected chi connectivity index (χ0v) is 13.8. The van der Waals surface area contributed by atoms with Gasteiger partial charge in [-0.15, -0.1) is 21.5 Å². The van der Waals surface area contributed by atoms with Crippen LogP contribution in [0.1, 0.15) is 23.8 Å². The van der Waals surface area contributed by atoms with Gasteiger partial charge >= 0.3 is 0 Å². The van der Waals surface area contributed by atoms with E-state index < -0.39 is 0 Å². The molecule has 23 heavy (non-hydrogen) atoms. The van der Waals surface area contributed by atoms with E-state index >= 15 is 0 Å². The predicted molar refractivity (Wildman–Crippen MR) is 92.8 cm³/mol. The van der Waals surface area contributed by atoms with Crippen LogP contribution in [-0.4, -0.2) is 21.1 Å². The quantitative estimate of drug-likeness (QED) is 0.734. The van der Waals surface area contributed by atoms with Crippen molar-refractivity contribution < 1.29 is 4.79 Å². The van der Waals surface area contributed by atoms with Gasteiger partial charge in [0, 0.05) is 5.92 Å². The molecular weight excluding hydrogens is 328 g/mol. The molecule has 0 spiro atoms. The number of aromatic nitrogens is 3. The molecule has 1 N–H and O–H groups in total. The van der Waals surface area contributed by atoms with E-state index in [1.165, 1.54) is 16.0 Å². The summed E-state index contributed by atoms with van der Waals surface area (Å²) < 4.78 is 1.17. The Kier molecular flexibility index (Phi) is 3.88. The number of nitrogens with one attached hydrogen (secondary N) is 1. The summed E-state index contributed by atoms with van der Waals surface area (Å²) in [4.78, 5) is 17.4. The molecular formula is C16H14N4OS2. The van der Waals surface area contributed by atoms with Crippen LogP contribution in [0.4, 0.5) is 5.13 Å². The van der Waals surface area contributed by atoms with E-state index in [1.807, 2.05) is 18.2 Å². The number of thiazole rings is 1. The molecule has 7 heteroatoms. The summed E-state index contributed by atoms with van der Waals surface area (Å²) in [5, 5.41) is 12.1. The fourth-order valence-electron chi connectivity index (χ4n) is 2.85. The number of rotatable bonds is 3. The van der Waals surface area contributed by atoms with Crippen molar-refractivity contribution in [3.05, 3.63) is 46.9 Å². The molecule has 0 unspecified atom stereocenters. The Hall–Kier alpha value is -2.12. The number of nitrogens with zero attached hydrogens (tertiary/aromatic N) is 3. The van der Waals surface area contributed by atoms with Crippen LogP contribution in [0.25, 0.3) is 10.2 Å². The number of fused-ring (bicyclic) bond motifs is 1. The highest BCUT2D eigenvalue weighted by molar-refractivity contribution is 7.18. The topological polar surface area (TPSA) is 67.8 Å². The Balaban J connectivity index is 1.62.